The molecule has 1 fully saturated rings. The van der Waals surface area contributed by atoms with Gasteiger partial charge >= 0.3 is 5.97 Å². The van der Waals surface area contributed by atoms with Gasteiger partial charge in [0.2, 0.25) is 0 Å². The number of carbonyl (C=O) groups is 2. The molecule has 0 aliphatic heterocycles. The van der Waals surface area contributed by atoms with E-state index in [1.165, 1.54) is 0 Å². The topological polar surface area (TPSA) is 43.4 Å². The van der Waals surface area contributed by atoms with Crippen LogP contribution >= 0.6 is 0 Å². The predicted octanol–water partition coefficient (Wildman–Crippen LogP) is 5.96. The Labute approximate surface area is 173 Å². The van der Waals surface area contributed by atoms with E-state index in [-0.39, 0.29) is 17.5 Å². The quantitative estimate of drug-likeness (QED) is 0.201. The number of hydrogen-bond donors (Lipinski definition) is 0. The van der Waals surface area contributed by atoms with Crippen LogP contribution in [0.25, 0.3) is 6.08 Å². The number of ketones is 1. The predicted molar refractivity (Wildman–Crippen MR) is 116 cm³/mol. The van der Waals surface area contributed by atoms with Gasteiger partial charge in [0.15, 0.2) is 5.78 Å². The lowest BCUT2D eigenvalue weighted by molar-refractivity contribution is -0.150. The summed E-state index contributed by atoms with van der Waals surface area (Å²) in [4.78, 5) is 26.3. The molecule has 3 atom stereocenters. The minimum Gasteiger partial charge on any atom is -0.458 e. The number of hydrogen-bond acceptors (Lipinski definition) is 3. The second-order valence-corrected chi connectivity index (χ2v) is 8.43. The number of esters is 1. The molecule has 0 spiro atoms. The fourth-order valence-corrected chi connectivity index (χ4v) is 4.13. The molecule has 0 amide bonds. The van der Waals surface area contributed by atoms with Gasteiger partial charge in [-0.1, -0.05) is 87.9 Å². The van der Waals surface area contributed by atoms with Crippen molar-refractivity contribution in [2.45, 2.75) is 46.1 Å². The lowest BCUT2D eigenvalue weighted by Gasteiger charge is -2.36. The maximum absolute atomic E-state index is 13.2. The van der Waals surface area contributed by atoms with E-state index in [1.54, 1.807) is 30.3 Å². The summed E-state index contributed by atoms with van der Waals surface area (Å²) < 4.78 is 5.98. The number of ether oxygens (including phenoxy) is 1. The molecule has 0 unspecified atom stereocenters. The van der Waals surface area contributed by atoms with E-state index < -0.39 is 5.97 Å². The molecule has 0 heterocycles. The van der Waals surface area contributed by atoms with Gasteiger partial charge in [0.1, 0.15) is 11.7 Å². The Balaban J connectivity index is 1.90. The molecule has 0 N–H and O–H groups in total. The molecule has 3 nitrogen and oxygen atoms in total. The smallest absolute Gasteiger partial charge is 0.342 e. The van der Waals surface area contributed by atoms with E-state index in [0.717, 1.165) is 24.8 Å². The van der Waals surface area contributed by atoms with Crippen molar-refractivity contribution in [1.82, 2.24) is 0 Å². The van der Waals surface area contributed by atoms with Crippen LogP contribution in [0.2, 0.25) is 0 Å². The summed E-state index contributed by atoms with van der Waals surface area (Å²) >= 11 is 0. The minimum absolute atomic E-state index is 0.0862. The van der Waals surface area contributed by atoms with Crippen molar-refractivity contribution in [2.24, 2.45) is 17.8 Å². The highest BCUT2D eigenvalue weighted by Crippen LogP contribution is 2.36. The maximum atomic E-state index is 13.2. The normalized spacial score (nSPS) is 22.3. The van der Waals surface area contributed by atoms with Gasteiger partial charge in [-0.3, -0.25) is 4.79 Å². The summed E-state index contributed by atoms with van der Waals surface area (Å²) in [5.74, 6) is 0.470. The van der Waals surface area contributed by atoms with Crippen LogP contribution in [0.3, 0.4) is 0 Å². The summed E-state index contributed by atoms with van der Waals surface area (Å²) in [5.41, 5.74) is 1.38. The average Bonchev–Trinajstić information content (AvgIpc) is 2.72. The Bertz CT molecular complexity index is 852. The van der Waals surface area contributed by atoms with Crippen LogP contribution in [-0.4, -0.2) is 17.9 Å². The molecule has 2 aromatic rings. The highest BCUT2D eigenvalue weighted by Gasteiger charge is 2.35. The van der Waals surface area contributed by atoms with E-state index in [1.807, 2.05) is 36.4 Å². The first kappa shape index (κ1) is 21.0. The summed E-state index contributed by atoms with van der Waals surface area (Å²) in [6.07, 6.45) is 4.57. The third kappa shape index (κ3) is 5.44. The molecular weight excluding hydrogens is 360 g/mol. The fraction of sp³-hybridized carbons (Fsp3) is 0.385. The van der Waals surface area contributed by atoms with Gasteiger partial charge in [-0.2, -0.15) is 0 Å². The summed E-state index contributed by atoms with van der Waals surface area (Å²) in [5, 5.41) is 0. The first-order chi connectivity index (χ1) is 14.0. The molecule has 1 aliphatic rings. The largest absolute Gasteiger partial charge is 0.458 e. The van der Waals surface area contributed by atoms with Crippen LogP contribution in [0.1, 0.15) is 56.0 Å². The van der Waals surface area contributed by atoms with Crippen molar-refractivity contribution in [3.05, 3.63) is 77.4 Å². The van der Waals surface area contributed by atoms with Crippen LogP contribution in [0.5, 0.6) is 0 Å². The van der Waals surface area contributed by atoms with Crippen LogP contribution in [0.4, 0.5) is 0 Å². The van der Waals surface area contributed by atoms with E-state index in [0.29, 0.717) is 23.3 Å². The molecule has 152 valence electrons. The van der Waals surface area contributed by atoms with Crippen molar-refractivity contribution in [3.8, 4) is 0 Å². The number of benzene rings is 2. The van der Waals surface area contributed by atoms with Gasteiger partial charge in [0.05, 0.1) is 0 Å². The van der Waals surface area contributed by atoms with Crippen LogP contribution in [-0.2, 0) is 9.53 Å². The van der Waals surface area contributed by atoms with Gasteiger partial charge in [-0.15, -0.1) is 0 Å². The molecule has 1 saturated carbocycles. The third-order valence-electron chi connectivity index (χ3n) is 5.83. The second kappa shape index (κ2) is 9.69. The van der Waals surface area contributed by atoms with E-state index in [9.17, 15) is 9.59 Å². The maximum Gasteiger partial charge on any atom is 0.342 e. The zero-order chi connectivity index (χ0) is 20.8. The Morgan fingerprint density at radius 1 is 0.966 bits per heavy atom. The Morgan fingerprint density at radius 2 is 1.59 bits per heavy atom. The molecule has 3 heteroatoms. The molecule has 0 radical (unpaired) electrons. The van der Waals surface area contributed by atoms with Gasteiger partial charge < -0.3 is 4.74 Å². The lowest BCUT2D eigenvalue weighted by atomic mass is 9.75. The monoisotopic (exact) mass is 390 g/mol. The van der Waals surface area contributed by atoms with Crippen molar-refractivity contribution < 1.29 is 14.3 Å². The molecule has 0 bridgehead atoms. The van der Waals surface area contributed by atoms with Crippen molar-refractivity contribution >= 4 is 17.8 Å². The Kier molecular flexibility index (Phi) is 7.03. The van der Waals surface area contributed by atoms with E-state index >= 15 is 0 Å². The highest BCUT2D eigenvalue weighted by molar-refractivity contribution is 6.26. The molecule has 3 rings (SSSR count). The van der Waals surface area contributed by atoms with E-state index in [4.69, 9.17) is 4.74 Å². The zero-order valence-corrected chi connectivity index (χ0v) is 17.5. The van der Waals surface area contributed by atoms with E-state index in [2.05, 4.69) is 20.8 Å². The summed E-state index contributed by atoms with van der Waals surface area (Å²) in [6, 6.07) is 18.4. The first-order valence-corrected chi connectivity index (χ1v) is 10.5. The van der Waals surface area contributed by atoms with Crippen molar-refractivity contribution in [2.75, 3.05) is 0 Å². The van der Waals surface area contributed by atoms with Crippen LogP contribution in [0.15, 0.2) is 66.2 Å². The van der Waals surface area contributed by atoms with Crippen molar-refractivity contribution in [1.29, 1.82) is 0 Å². The van der Waals surface area contributed by atoms with Gasteiger partial charge in [0.25, 0.3) is 0 Å². The average molecular weight is 391 g/mol. The summed E-state index contributed by atoms with van der Waals surface area (Å²) in [6.45, 7) is 6.56. The fourth-order valence-electron chi connectivity index (χ4n) is 4.13. The molecule has 0 aromatic heterocycles. The van der Waals surface area contributed by atoms with Gasteiger partial charge in [-0.25, -0.2) is 4.79 Å². The van der Waals surface area contributed by atoms with Gasteiger partial charge in [0, 0.05) is 5.56 Å². The second-order valence-electron chi connectivity index (χ2n) is 8.43. The first-order valence-electron chi connectivity index (χ1n) is 10.5. The third-order valence-corrected chi connectivity index (χ3v) is 5.83. The molecule has 2 aromatic carbocycles. The SMILES string of the molecule is CC(C)[C@H]1CC[C@H](C)C[C@H]1OC(=O)/C(=C\c1ccccc1)C(=O)c1ccccc1. The number of rotatable bonds is 6. The minimum atomic E-state index is -0.521. The molecule has 29 heavy (non-hydrogen) atoms. The Morgan fingerprint density at radius 3 is 2.21 bits per heavy atom. The Hall–Kier alpha value is -2.68. The number of carbonyl (C=O) groups excluding carboxylic acids is 2. The molecule has 1 aliphatic carbocycles. The number of Topliss-reactive ketones (excluding diaryl/α,β-unsaturated/α-hetero) is 1. The molecule has 0 saturated heterocycles. The zero-order valence-electron chi connectivity index (χ0n) is 17.5. The highest BCUT2D eigenvalue weighted by atomic mass is 16.5. The standard InChI is InChI=1S/C26H30O3/c1-18(2)22-15-14-19(3)16-24(22)29-26(28)23(17-20-10-6-4-7-11-20)25(27)21-12-8-5-9-13-21/h4-13,17-19,22,24H,14-16H2,1-3H3/b23-17-/t19-,22+,24+/m0/s1. The molecular formula is C26H30O3. The van der Waals surface area contributed by atoms with Crippen LogP contribution < -0.4 is 0 Å². The summed E-state index contributed by atoms with van der Waals surface area (Å²) in [7, 11) is 0. The lowest BCUT2D eigenvalue weighted by Crippen LogP contribution is -2.36. The van der Waals surface area contributed by atoms with Gasteiger partial charge in [-0.05, 0) is 42.2 Å². The van der Waals surface area contributed by atoms with Crippen LogP contribution in [0, 0.1) is 17.8 Å². The van der Waals surface area contributed by atoms with Crippen molar-refractivity contribution in [3.63, 3.8) is 0 Å².